The van der Waals surface area contributed by atoms with Gasteiger partial charge in [0, 0.05) is 13.1 Å². The molecule has 0 aliphatic heterocycles. The Morgan fingerprint density at radius 3 is 1.78 bits per heavy atom. The Hall–Kier alpha value is 0.150. The molecular weight excluding hydrogens is 305 g/mol. The highest BCUT2D eigenvalue weighted by Crippen LogP contribution is 2.61. The molecule has 0 saturated heterocycles. The Morgan fingerprint density at radius 2 is 1.43 bits per heavy atom. The van der Waals surface area contributed by atoms with E-state index in [4.69, 9.17) is 4.52 Å². The molecular formula is C19H46NO2P. The van der Waals surface area contributed by atoms with Crippen molar-refractivity contribution in [2.45, 2.75) is 101 Å². The standard InChI is InChI=1S/C17H38NO2P.2CH4/c1-9-11-12-13-14-18(10-2)21(19,17(6,7)8)20-15-16(3,4)5;;/h9-15H2,1-8H3;2*1H4. The number of unbranched alkanes of at least 4 members (excludes halogenated alkanes) is 3. The number of nitrogens with zero attached hydrogens (tertiary/aromatic N) is 1. The summed E-state index contributed by atoms with van der Waals surface area (Å²) in [6.45, 7) is 18.9. The molecule has 0 radical (unpaired) electrons. The van der Waals surface area contributed by atoms with Gasteiger partial charge in [0.15, 0.2) is 0 Å². The van der Waals surface area contributed by atoms with Crippen molar-refractivity contribution in [1.29, 1.82) is 0 Å². The molecule has 144 valence electrons. The highest BCUT2D eigenvalue weighted by atomic mass is 31.2. The maximum absolute atomic E-state index is 13.6. The Kier molecular flexibility index (Phi) is 14.2. The average molecular weight is 352 g/mol. The predicted molar refractivity (Wildman–Crippen MR) is 108 cm³/mol. The molecule has 1 unspecified atom stereocenters. The van der Waals surface area contributed by atoms with Gasteiger partial charge in [0.05, 0.1) is 11.8 Å². The van der Waals surface area contributed by atoms with Crippen molar-refractivity contribution < 1.29 is 9.09 Å². The van der Waals surface area contributed by atoms with Crippen molar-refractivity contribution >= 4 is 7.52 Å². The summed E-state index contributed by atoms with van der Waals surface area (Å²) < 4.78 is 21.7. The first-order valence-corrected chi connectivity index (χ1v) is 10.1. The van der Waals surface area contributed by atoms with E-state index in [-0.39, 0.29) is 25.4 Å². The van der Waals surface area contributed by atoms with Crippen molar-refractivity contribution in [3.05, 3.63) is 0 Å². The minimum Gasteiger partial charge on any atom is -0.316 e. The van der Waals surface area contributed by atoms with Gasteiger partial charge >= 0.3 is 0 Å². The van der Waals surface area contributed by atoms with Crippen molar-refractivity contribution in [3.8, 4) is 0 Å². The van der Waals surface area contributed by atoms with Crippen LogP contribution in [0.25, 0.3) is 0 Å². The van der Waals surface area contributed by atoms with Crippen LogP contribution in [-0.4, -0.2) is 29.5 Å². The Balaban J connectivity index is -0.00000200. The molecule has 0 aliphatic carbocycles. The van der Waals surface area contributed by atoms with Crippen molar-refractivity contribution in [2.75, 3.05) is 19.7 Å². The van der Waals surface area contributed by atoms with Crippen molar-refractivity contribution in [1.82, 2.24) is 4.67 Å². The third-order valence-electron chi connectivity index (χ3n) is 3.53. The topological polar surface area (TPSA) is 29.5 Å². The Bertz CT molecular complexity index is 329. The van der Waals surface area contributed by atoms with E-state index in [1.54, 1.807) is 0 Å². The van der Waals surface area contributed by atoms with Gasteiger partial charge in [0.1, 0.15) is 0 Å². The van der Waals surface area contributed by atoms with Gasteiger partial charge in [-0.1, -0.05) is 68.7 Å². The lowest BCUT2D eigenvalue weighted by atomic mass is 9.99. The summed E-state index contributed by atoms with van der Waals surface area (Å²) in [5.41, 5.74) is 0.0303. The van der Waals surface area contributed by atoms with Crippen LogP contribution in [0.4, 0.5) is 0 Å². The third-order valence-corrected chi connectivity index (χ3v) is 6.93. The molecule has 4 heteroatoms. The molecule has 3 nitrogen and oxygen atoms in total. The van der Waals surface area contributed by atoms with E-state index in [1.165, 1.54) is 19.3 Å². The van der Waals surface area contributed by atoms with E-state index in [1.807, 2.05) is 20.8 Å². The fourth-order valence-corrected chi connectivity index (χ4v) is 4.92. The van der Waals surface area contributed by atoms with Gasteiger partial charge in [-0.2, -0.15) is 0 Å². The summed E-state index contributed by atoms with van der Waals surface area (Å²) in [6, 6.07) is 0. The van der Waals surface area contributed by atoms with Crippen LogP contribution in [0.5, 0.6) is 0 Å². The first-order valence-electron chi connectivity index (χ1n) is 8.48. The van der Waals surface area contributed by atoms with Crippen molar-refractivity contribution in [3.63, 3.8) is 0 Å². The lowest BCUT2D eigenvalue weighted by Crippen LogP contribution is -2.34. The molecule has 0 N–H and O–H groups in total. The third kappa shape index (κ3) is 9.89. The SMILES string of the molecule is C.C.CCCCCCN(CC)P(=O)(OCC(C)(C)C)C(C)(C)C. The monoisotopic (exact) mass is 351 g/mol. The van der Waals surface area contributed by atoms with Gasteiger partial charge in [-0.05, 0) is 32.6 Å². The van der Waals surface area contributed by atoms with Gasteiger partial charge in [0.2, 0.25) is 0 Å². The molecule has 0 saturated carbocycles. The molecule has 0 aromatic carbocycles. The second kappa shape index (κ2) is 11.7. The van der Waals surface area contributed by atoms with Crippen LogP contribution in [0.15, 0.2) is 0 Å². The van der Waals surface area contributed by atoms with E-state index >= 15 is 0 Å². The Labute approximate surface area is 148 Å². The second-order valence-electron chi connectivity index (χ2n) is 8.13. The largest absolute Gasteiger partial charge is 0.316 e. The van der Waals surface area contributed by atoms with E-state index in [0.29, 0.717) is 6.61 Å². The lowest BCUT2D eigenvalue weighted by Gasteiger charge is -2.40. The summed E-state index contributed by atoms with van der Waals surface area (Å²) in [6.07, 6.45) is 4.78. The van der Waals surface area contributed by atoms with E-state index < -0.39 is 7.52 Å². The summed E-state index contributed by atoms with van der Waals surface area (Å²) in [4.78, 5) is 0. The molecule has 0 aliphatic rings. The summed E-state index contributed by atoms with van der Waals surface area (Å²) in [5, 5.41) is -0.348. The summed E-state index contributed by atoms with van der Waals surface area (Å²) in [5.74, 6) is 0. The highest BCUT2D eigenvalue weighted by molar-refractivity contribution is 7.58. The number of hydrogen-bond donors (Lipinski definition) is 0. The number of hydrogen-bond acceptors (Lipinski definition) is 2. The fraction of sp³-hybridized carbons (Fsp3) is 1.00. The molecule has 23 heavy (non-hydrogen) atoms. The van der Waals surface area contributed by atoms with Gasteiger partial charge < -0.3 is 4.52 Å². The molecule has 1 atom stereocenters. The lowest BCUT2D eigenvalue weighted by molar-refractivity contribution is 0.169. The minimum atomic E-state index is -2.83. The maximum Gasteiger partial charge on any atom is 0.277 e. The fourth-order valence-electron chi connectivity index (χ4n) is 2.18. The zero-order valence-corrected chi connectivity index (χ0v) is 16.6. The summed E-state index contributed by atoms with van der Waals surface area (Å²) >= 11 is 0. The van der Waals surface area contributed by atoms with Gasteiger partial charge in [-0.25, -0.2) is 4.67 Å². The first kappa shape index (κ1) is 28.0. The second-order valence-corrected chi connectivity index (χ2v) is 11.3. The summed E-state index contributed by atoms with van der Waals surface area (Å²) in [7, 11) is -2.83. The normalized spacial score (nSPS) is 14.8. The van der Waals surface area contributed by atoms with E-state index in [2.05, 4.69) is 39.3 Å². The van der Waals surface area contributed by atoms with Crippen LogP contribution in [0.3, 0.4) is 0 Å². The van der Waals surface area contributed by atoms with Gasteiger partial charge in [0.25, 0.3) is 7.52 Å². The quantitative estimate of drug-likeness (QED) is 0.324. The van der Waals surface area contributed by atoms with Gasteiger partial charge in [-0.3, -0.25) is 4.57 Å². The highest BCUT2D eigenvalue weighted by Gasteiger charge is 2.43. The van der Waals surface area contributed by atoms with Crippen LogP contribution in [-0.2, 0) is 9.09 Å². The van der Waals surface area contributed by atoms with Crippen LogP contribution in [0.2, 0.25) is 0 Å². The Morgan fingerprint density at radius 1 is 0.913 bits per heavy atom. The van der Waals surface area contributed by atoms with Crippen LogP contribution >= 0.6 is 7.52 Å². The zero-order chi connectivity index (χ0) is 16.7. The molecule has 0 aromatic heterocycles. The van der Waals surface area contributed by atoms with Crippen LogP contribution in [0, 0.1) is 5.41 Å². The molecule has 0 fully saturated rings. The van der Waals surface area contributed by atoms with E-state index in [9.17, 15) is 4.57 Å². The number of rotatable bonds is 9. The molecule has 0 amide bonds. The zero-order valence-electron chi connectivity index (χ0n) is 15.7. The molecule has 0 bridgehead atoms. The predicted octanol–water partition coefficient (Wildman–Crippen LogP) is 7.22. The molecule has 0 rings (SSSR count). The van der Waals surface area contributed by atoms with Crippen molar-refractivity contribution in [2.24, 2.45) is 5.41 Å². The van der Waals surface area contributed by atoms with Crippen LogP contribution < -0.4 is 0 Å². The van der Waals surface area contributed by atoms with Crippen LogP contribution in [0.1, 0.15) is 95.9 Å². The maximum atomic E-state index is 13.6. The minimum absolute atomic E-state index is 0. The average Bonchev–Trinajstić information content (AvgIpc) is 2.34. The van der Waals surface area contributed by atoms with Gasteiger partial charge in [-0.15, -0.1) is 0 Å². The smallest absolute Gasteiger partial charge is 0.277 e. The van der Waals surface area contributed by atoms with E-state index in [0.717, 1.165) is 19.5 Å². The molecule has 0 heterocycles. The molecule has 0 aromatic rings. The first-order chi connectivity index (χ1) is 9.48. The molecule has 0 spiro atoms.